The van der Waals surface area contributed by atoms with Gasteiger partial charge in [-0.3, -0.25) is 0 Å². The highest BCUT2D eigenvalue weighted by Crippen LogP contribution is 2.08. The van der Waals surface area contributed by atoms with Crippen LogP contribution in [-0.4, -0.2) is 25.3 Å². The molecule has 0 heterocycles. The fourth-order valence-corrected chi connectivity index (χ4v) is 2.00. The predicted octanol–water partition coefficient (Wildman–Crippen LogP) is 3.72. The average molecular weight is 263 g/mol. The maximum atomic E-state index is 5.75. The van der Waals surface area contributed by atoms with Crippen molar-refractivity contribution >= 4 is 0 Å². The van der Waals surface area contributed by atoms with Gasteiger partial charge in [0.2, 0.25) is 0 Å². The molecule has 0 amide bonds. The number of hydrogen-bond acceptors (Lipinski definition) is 2. The van der Waals surface area contributed by atoms with Gasteiger partial charge < -0.3 is 10.1 Å². The first-order valence-electron chi connectivity index (χ1n) is 7.52. The summed E-state index contributed by atoms with van der Waals surface area (Å²) in [7, 11) is 0. The number of ether oxygens (including phenoxy) is 1. The van der Waals surface area contributed by atoms with Crippen LogP contribution in [0.4, 0.5) is 0 Å². The number of aryl methyl sites for hydroxylation is 2. The van der Waals surface area contributed by atoms with Crippen molar-refractivity contribution in [1.82, 2.24) is 5.32 Å². The largest absolute Gasteiger partial charge is 0.377 e. The van der Waals surface area contributed by atoms with E-state index in [-0.39, 0.29) is 0 Å². The first-order chi connectivity index (χ1) is 9.11. The van der Waals surface area contributed by atoms with Crippen LogP contribution < -0.4 is 5.32 Å². The Labute approximate surface area is 118 Å². The van der Waals surface area contributed by atoms with Crippen molar-refractivity contribution in [2.45, 2.75) is 59.1 Å². The molecule has 0 spiro atoms. The maximum Gasteiger partial charge on any atom is 0.0623 e. The van der Waals surface area contributed by atoms with Crippen LogP contribution in [0.1, 0.15) is 44.7 Å². The molecule has 1 aromatic carbocycles. The van der Waals surface area contributed by atoms with Crippen molar-refractivity contribution < 1.29 is 4.74 Å². The van der Waals surface area contributed by atoms with Crippen LogP contribution in [0.5, 0.6) is 0 Å². The second-order valence-electron chi connectivity index (χ2n) is 5.56. The molecule has 2 heteroatoms. The monoisotopic (exact) mass is 263 g/mol. The Kier molecular flexibility index (Phi) is 7.76. The molecule has 0 saturated carbocycles. The zero-order valence-electron chi connectivity index (χ0n) is 12.9. The highest BCUT2D eigenvalue weighted by Gasteiger charge is 2.09. The SMILES string of the molecule is CCCNC(CCc1ccc(C)cc1)COC(C)C. The molecule has 0 saturated heterocycles. The van der Waals surface area contributed by atoms with Gasteiger partial charge in [-0.25, -0.2) is 0 Å². The molecular formula is C17H29NO. The third kappa shape index (κ3) is 7.34. The number of benzene rings is 1. The number of rotatable bonds is 9. The molecule has 19 heavy (non-hydrogen) atoms. The fraction of sp³-hybridized carbons (Fsp3) is 0.647. The standard InChI is InChI=1S/C17H29NO/c1-5-12-18-17(13-19-14(2)3)11-10-16-8-6-15(4)7-9-16/h6-9,14,17-18H,5,10-13H2,1-4H3. The van der Waals surface area contributed by atoms with E-state index in [0.29, 0.717) is 12.1 Å². The summed E-state index contributed by atoms with van der Waals surface area (Å²) < 4.78 is 5.75. The molecule has 1 rings (SSSR count). The Morgan fingerprint density at radius 1 is 1.16 bits per heavy atom. The molecule has 0 aliphatic rings. The summed E-state index contributed by atoms with van der Waals surface area (Å²) >= 11 is 0. The van der Waals surface area contributed by atoms with Gasteiger partial charge in [-0.2, -0.15) is 0 Å². The summed E-state index contributed by atoms with van der Waals surface area (Å²) in [5.41, 5.74) is 2.74. The Morgan fingerprint density at radius 2 is 1.84 bits per heavy atom. The van der Waals surface area contributed by atoms with Gasteiger partial charge in [-0.05, 0) is 52.1 Å². The van der Waals surface area contributed by atoms with Crippen molar-refractivity contribution in [2.75, 3.05) is 13.2 Å². The van der Waals surface area contributed by atoms with E-state index in [4.69, 9.17) is 4.74 Å². The Morgan fingerprint density at radius 3 is 2.42 bits per heavy atom. The summed E-state index contributed by atoms with van der Waals surface area (Å²) in [6.07, 6.45) is 3.73. The van der Waals surface area contributed by atoms with Gasteiger partial charge in [0.05, 0.1) is 12.7 Å². The molecule has 0 aromatic heterocycles. The lowest BCUT2D eigenvalue weighted by Gasteiger charge is -2.20. The average Bonchev–Trinajstić information content (AvgIpc) is 2.39. The van der Waals surface area contributed by atoms with Crippen LogP contribution >= 0.6 is 0 Å². The van der Waals surface area contributed by atoms with E-state index in [9.17, 15) is 0 Å². The third-order valence-corrected chi connectivity index (χ3v) is 3.22. The summed E-state index contributed by atoms with van der Waals surface area (Å²) in [5, 5.41) is 3.58. The van der Waals surface area contributed by atoms with Crippen molar-refractivity contribution in [3.8, 4) is 0 Å². The Bertz CT molecular complexity index is 332. The van der Waals surface area contributed by atoms with E-state index in [1.807, 2.05) is 0 Å². The van der Waals surface area contributed by atoms with E-state index in [0.717, 1.165) is 26.0 Å². The molecule has 108 valence electrons. The van der Waals surface area contributed by atoms with Crippen LogP contribution in [0, 0.1) is 6.92 Å². The summed E-state index contributed by atoms with van der Waals surface area (Å²) in [6, 6.07) is 9.30. The van der Waals surface area contributed by atoms with Crippen LogP contribution in [0.3, 0.4) is 0 Å². The van der Waals surface area contributed by atoms with Crippen LogP contribution in [0.25, 0.3) is 0 Å². The highest BCUT2D eigenvalue weighted by molar-refractivity contribution is 5.21. The van der Waals surface area contributed by atoms with E-state index >= 15 is 0 Å². The van der Waals surface area contributed by atoms with Gasteiger partial charge in [0.25, 0.3) is 0 Å². The molecular weight excluding hydrogens is 234 g/mol. The molecule has 1 atom stereocenters. The van der Waals surface area contributed by atoms with Gasteiger partial charge in [0, 0.05) is 6.04 Å². The first-order valence-corrected chi connectivity index (χ1v) is 7.52. The van der Waals surface area contributed by atoms with Crippen molar-refractivity contribution in [1.29, 1.82) is 0 Å². The van der Waals surface area contributed by atoms with Gasteiger partial charge in [0.15, 0.2) is 0 Å². The normalized spacial score (nSPS) is 12.9. The van der Waals surface area contributed by atoms with E-state index in [1.54, 1.807) is 0 Å². The zero-order valence-corrected chi connectivity index (χ0v) is 12.9. The minimum Gasteiger partial charge on any atom is -0.377 e. The number of nitrogens with one attached hydrogen (secondary N) is 1. The quantitative estimate of drug-likeness (QED) is 0.733. The fourth-order valence-electron chi connectivity index (χ4n) is 2.00. The first kappa shape index (κ1) is 16.2. The minimum atomic E-state index is 0.310. The summed E-state index contributed by atoms with van der Waals surface area (Å²) in [5.74, 6) is 0. The van der Waals surface area contributed by atoms with E-state index < -0.39 is 0 Å². The van der Waals surface area contributed by atoms with Gasteiger partial charge in [-0.1, -0.05) is 36.8 Å². The second kappa shape index (κ2) is 9.11. The molecule has 0 bridgehead atoms. The van der Waals surface area contributed by atoms with Crippen molar-refractivity contribution in [2.24, 2.45) is 0 Å². The maximum absolute atomic E-state index is 5.75. The minimum absolute atomic E-state index is 0.310. The molecule has 1 aromatic rings. The Hall–Kier alpha value is -0.860. The molecule has 0 aliphatic heterocycles. The van der Waals surface area contributed by atoms with Crippen molar-refractivity contribution in [3.05, 3.63) is 35.4 Å². The van der Waals surface area contributed by atoms with Crippen molar-refractivity contribution in [3.63, 3.8) is 0 Å². The molecule has 2 nitrogen and oxygen atoms in total. The van der Waals surface area contributed by atoms with Gasteiger partial charge in [0.1, 0.15) is 0 Å². The number of hydrogen-bond donors (Lipinski definition) is 1. The molecule has 0 fully saturated rings. The zero-order chi connectivity index (χ0) is 14.1. The van der Waals surface area contributed by atoms with Crippen LogP contribution in [-0.2, 0) is 11.2 Å². The summed E-state index contributed by atoms with van der Waals surface area (Å²) in [6.45, 7) is 10.4. The topological polar surface area (TPSA) is 21.3 Å². The predicted molar refractivity (Wildman–Crippen MR) is 82.7 cm³/mol. The van der Waals surface area contributed by atoms with Crippen LogP contribution in [0.15, 0.2) is 24.3 Å². The van der Waals surface area contributed by atoms with Gasteiger partial charge >= 0.3 is 0 Å². The van der Waals surface area contributed by atoms with Gasteiger partial charge in [-0.15, -0.1) is 0 Å². The molecule has 1 unspecified atom stereocenters. The third-order valence-electron chi connectivity index (χ3n) is 3.22. The lowest BCUT2D eigenvalue weighted by molar-refractivity contribution is 0.0596. The van der Waals surface area contributed by atoms with E-state index in [2.05, 4.69) is 57.3 Å². The van der Waals surface area contributed by atoms with Crippen LogP contribution in [0.2, 0.25) is 0 Å². The lowest BCUT2D eigenvalue weighted by Crippen LogP contribution is -2.35. The Balaban J connectivity index is 2.39. The highest BCUT2D eigenvalue weighted by atomic mass is 16.5. The smallest absolute Gasteiger partial charge is 0.0623 e. The van der Waals surface area contributed by atoms with E-state index in [1.165, 1.54) is 17.5 Å². The second-order valence-corrected chi connectivity index (χ2v) is 5.56. The molecule has 0 radical (unpaired) electrons. The summed E-state index contributed by atoms with van der Waals surface area (Å²) in [4.78, 5) is 0. The lowest BCUT2D eigenvalue weighted by atomic mass is 10.0. The molecule has 1 N–H and O–H groups in total. The molecule has 0 aliphatic carbocycles.